The molecule has 1 aliphatic heterocycles. The van der Waals surface area contributed by atoms with Gasteiger partial charge in [0.15, 0.2) is 4.34 Å². The highest BCUT2D eigenvalue weighted by Gasteiger charge is 2.26. The highest BCUT2D eigenvalue weighted by atomic mass is 32.2. The number of hydrogen-bond acceptors (Lipinski definition) is 8. The van der Waals surface area contributed by atoms with Crippen molar-refractivity contribution in [1.82, 2.24) is 20.5 Å². The first kappa shape index (κ1) is 18.4. The van der Waals surface area contributed by atoms with Gasteiger partial charge in [-0.05, 0) is 29.8 Å². The van der Waals surface area contributed by atoms with Crippen LogP contribution < -0.4 is 10.2 Å². The normalized spacial score (nSPS) is 19.3. The zero-order chi connectivity index (χ0) is 18.6. The molecule has 0 bridgehead atoms. The van der Waals surface area contributed by atoms with Crippen molar-refractivity contribution in [3.8, 4) is 10.6 Å². The third-order valence-electron chi connectivity index (χ3n) is 4.30. The van der Waals surface area contributed by atoms with Crippen molar-refractivity contribution in [2.45, 2.75) is 16.7 Å². The maximum Gasteiger partial charge on any atom is 0.174 e. The van der Waals surface area contributed by atoms with Gasteiger partial charge < -0.3 is 9.64 Å². The summed E-state index contributed by atoms with van der Waals surface area (Å²) >= 11 is 3.30. The molecule has 0 spiro atoms. The summed E-state index contributed by atoms with van der Waals surface area (Å²) < 4.78 is 7.13. The second-order valence-corrected chi connectivity index (χ2v) is 8.70. The van der Waals surface area contributed by atoms with E-state index in [0.29, 0.717) is 0 Å². The molecule has 6 nitrogen and oxygen atoms in total. The second-order valence-electron chi connectivity index (χ2n) is 6.45. The third-order valence-corrected chi connectivity index (χ3v) is 6.54. The van der Waals surface area contributed by atoms with Crippen LogP contribution in [0.2, 0.25) is 0 Å². The molecule has 140 valence electrons. The fourth-order valence-electron chi connectivity index (χ4n) is 2.81. The van der Waals surface area contributed by atoms with Gasteiger partial charge in [-0.3, -0.25) is 10.3 Å². The average Bonchev–Trinajstić information content (AvgIpc) is 3.37. The molecule has 3 aromatic rings. The Morgan fingerprint density at radius 2 is 1.93 bits per heavy atom. The van der Waals surface area contributed by atoms with Gasteiger partial charge in [-0.2, -0.15) is 0 Å². The van der Waals surface area contributed by atoms with Crippen molar-refractivity contribution < 1.29 is 4.74 Å². The summed E-state index contributed by atoms with van der Waals surface area (Å²) in [5, 5.41) is 12.9. The molecule has 0 saturated carbocycles. The Bertz CT molecular complexity index is 869. The van der Waals surface area contributed by atoms with Crippen LogP contribution in [0.1, 0.15) is 11.8 Å². The van der Waals surface area contributed by atoms with Gasteiger partial charge in [-0.25, -0.2) is 0 Å². The van der Waals surface area contributed by atoms with Crippen molar-refractivity contribution in [2.75, 3.05) is 31.3 Å². The first-order chi connectivity index (χ1) is 13.2. The lowest BCUT2D eigenvalue weighted by Crippen LogP contribution is -2.16. The van der Waals surface area contributed by atoms with Gasteiger partial charge in [0.05, 0.1) is 6.10 Å². The molecule has 1 saturated heterocycles. The van der Waals surface area contributed by atoms with Gasteiger partial charge in [-0.15, -0.1) is 10.2 Å². The van der Waals surface area contributed by atoms with E-state index in [9.17, 15) is 0 Å². The second kappa shape index (κ2) is 8.35. The van der Waals surface area contributed by atoms with Crippen molar-refractivity contribution in [1.29, 1.82) is 0 Å². The molecule has 0 amide bonds. The van der Waals surface area contributed by atoms with Crippen LogP contribution in [0.3, 0.4) is 0 Å². The Morgan fingerprint density at radius 1 is 1.15 bits per heavy atom. The van der Waals surface area contributed by atoms with E-state index < -0.39 is 0 Å². The summed E-state index contributed by atoms with van der Waals surface area (Å²) in [6.07, 6.45) is 3.65. The molecular weight excluding hydrogens is 378 g/mol. The summed E-state index contributed by atoms with van der Waals surface area (Å²) in [5.41, 5.74) is 3.39. The van der Waals surface area contributed by atoms with Gasteiger partial charge >= 0.3 is 0 Å². The molecule has 1 aliphatic rings. The fourth-order valence-corrected chi connectivity index (χ4v) is 4.70. The molecule has 2 aromatic heterocycles. The van der Waals surface area contributed by atoms with E-state index in [0.717, 1.165) is 32.8 Å². The molecule has 3 heterocycles. The Morgan fingerprint density at radius 3 is 2.67 bits per heavy atom. The van der Waals surface area contributed by atoms with Crippen LogP contribution in [-0.2, 0) is 4.74 Å². The average molecular weight is 400 g/mol. The maximum atomic E-state index is 6.16. The Labute approximate surface area is 167 Å². The van der Waals surface area contributed by atoms with E-state index in [4.69, 9.17) is 4.74 Å². The molecule has 27 heavy (non-hydrogen) atoms. The van der Waals surface area contributed by atoms with E-state index in [1.807, 2.05) is 26.2 Å². The van der Waals surface area contributed by atoms with Crippen LogP contribution in [0.5, 0.6) is 0 Å². The Hall–Kier alpha value is -2.00. The van der Waals surface area contributed by atoms with E-state index in [2.05, 4.69) is 49.7 Å². The molecule has 1 fully saturated rings. The molecule has 0 aliphatic carbocycles. The van der Waals surface area contributed by atoms with Crippen LogP contribution in [0, 0.1) is 0 Å². The van der Waals surface area contributed by atoms with E-state index >= 15 is 0 Å². The van der Waals surface area contributed by atoms with Crippen molar-refractivity contribution >= 4 is 28.8 Å². The van der Waals surface area contributed by atoms with E-state index in [-0.39, 0.29) is 12.3 Å². The first-order valence-electron chi connectivity index (χ1n) is 8.72. The number of rotatable bonds is 6. The fraction of sp³-hybridized carbons (Fsp3) is 0.316. The van der Waals surface area contributed by atoms with Crippen LogP contribution in [-0.4, -0.2) is 47.7 Å². The monoisotopic (exact) mass is 399 g/mol. The summed E-state index contributed by atoms with van der Waals surface area (Å²) in [6.45, 7) is 0.836. The van der Waals surface area contributed by atoms with Crippen molar-refractivity contribution in [3.63, 3.8) is 0 Å². The summed E-state index contributed by atoms with van der Waals surface area (Å²) in [6, 6.07) is 12.4. The minimum absolute atomic E-state index is 0.0476. The van der Waals surface area contributed by atoms with Gasteiger partial charge in [0.1, 0.15) is 11.2 Å². The van der Waals surface area contributed by atoms with Gasteiger partial charge in [-0.1, -0.05) is 35.2 Å². The van der Waals surface area contributed by atoms with Gasteiger partial charge in [0, 0.05) is 50.0 Å². The molecular formula is C19H21N5OS2. The maximum absolute atomic E-state index is 6.16. The van der Waals surface area contributed by atoms with Crippen molar-refractivity contribution in [2.24, 2.45) is 0 Å². The van der Waals surface area contributed by atoms with Crippen LogP contribution >= 0.6 is 23.1 Å². The lowest BCUT2D eigenvalue weighted by molar-refractivity contribution is 0.0535. The van der Waals surface area contributed by atoms with Gasteiger partial charge in [0.2, 0.25) is 0 Å². The quantitative estimate of drug-likeness (QED) is 0.637. The smallest absolute Gasteiger partial charge is 0.174 e. The SMILES string of the molecule is CN(C)c1ccc([C@@H]2NC[C@@H](CSc3nnc(-c4ccncc4)s3)O2)cc1. The number of nitrogens with one attached hydrogen (secondary N) is 1. The van der Waals surface area contributed by atoms with Gasteiger partial charge in [0.25, 0.3) is 0 Å². The number of nitrogens with zero attached hydrogens (tertiary/aromatic N) is 4. The molecule has 0 radical (unpaired) electrons. The van der Waals surface area contributed by atoms with Crippen LogP contribution in [0.15, 0.2) is 53.1 Å². The lowest BCUT2D eigenvalue weighted by Gasteiger charge is -2.16. The topological polar surface area (TPSA) is 63.2 Å². The third kappa shape index (κ3) is 4.47. The van der Waals surface area contributed by atoms with E-state index in [1.165, 1.54) is 5.69 Å². The van der Waals surface area contributed by atoms with Crippen LogP contribution in [0.4, 0.5) is 5.69 Å². The summed E-state index contributed by atoms with van der Waals surface area (Å²) in [7, 11) is 4.08. The minimum Gasteiger partial charge on any atom is -0.378 e. The highest BCUT2D eigenvalue weighted by molar-refractivity contribution is 8.01. The number of thioether (sulfide) groups is 1. The molecule has 0 unspecified atom stereocenters. The molecule has 2 atom stereocenters. The number of anilines is 1. The van der Waals surface area contributed by atoms with E-state index in [1.54, 1.807) is 35.5 Å². The number of hydrogen-bond donors (Lipinski definition) is 1. The Kier molecular flexibility index (Phi) is 5.68. The summed E-state index contributed by atoms with van der Waals surface area (Å²) in [5.74, 6) is 0.851. The zero-order valence-corrected chi connectivity index (χ0v) is 16.8. The number of pyridine rings is 1. The predicted octanol–water partition coefficient (Wildman–Crippen LogP) is 3.45. The molecule has 4 rings (SSSR count). The first-order valence-corrected chi connectivity index (χ1v) is 10.5. The molecule has 1 N–H and O–H groups in total. The largest absolute Gasteiger partial charge is 0.378 e. The standard InChI is InChI=1S/C19H21N5OS2/c1-24(2)15-5-3-13(4-6-15)17-21-11-16(25-17)12-26-19-23-22-18(27-19)14-7-9-20-10-8-14/h3-10,16-17,21H,11-12H2,1-2H3/t16-,17+/m0/s1. The summed E-state index contributed by atoms with van der Waals surface area (Å²) in [4.78, 5) is 6.13. The number of benzene rings is 1. The van der Waals surface area contributed by atoms with Crippen molar-refractivity contribution in [3.05, 3.63) is 54.4 Å². The Balaban J connectivity index is 1.31. The number of aromatic nitrogens is 3. The van der Waals surface area contributed by atoms with Crippen LogP contribution in [0.25, 0.3) is 10.6 Å². The predicted molar refractivity (Wildman–Crippen MR) is 110 cm³/mol. The molecule has 8 heteroatoms. The lowest BCUT2D eigenvalue weighted by atomic mass is 10.2. The number of ether oxygens (including phenoxy) is 1. The minimum atomic E-state index is -0.0476. The zero-order valence-electron chi connectivity index (χ0n) is 15.2. The highest BCUT2D eigenvalue weighted by Crippen LogP contribution is 2.31. The molecule has 1 aromatic carbocycles.